The molecule has 0 saturated carbocycles. The van der Waals surface area contributed by atoms with Crippen LogP contribution in [0.1, 0.15) is 36.4 Å². The van der Waals surface area contributed by atoms with Gasteiger partial charge in [0.1, 0.15) is 0 Å². The molecule has 0 aliphatic heterocycles. The minimum absolute atomic E-state index is 0.0822. The Morgan fingerprint density at radius 3 is 2.67 bits per heavy atom. The second-order valence-corrected chi connectivity index (χ2v) is 5.56. The standard InChI is InChI=1S/C14H20N2O4S/c1-3-16(10(2)9-13(18)19)12(17)6-7-15-14(20)11-5-4-8-21-11/h4-5,8,10H,3,6-7,9H2,1-2H3,(H,15,20)(H,18,19). The van der Waals surface area contributed by atoms with Crippen LogP contribution in [0.4, 0.5) is 0 Å². The molecule has 2 amide bonds. The number of aliphatic carboxylic acids is 1. The van der Waals surface area contributed by atoms with Crippen LogP contribution in [-0.2, 0) is 9.59 Å². The molecule has 7 heteroatoms. The molecule has 1 aromatic rings. The van der Waals surface area contributed by atoms with Crippen molar-refractivity contribution in [2.75, 3.05) is 13.1 Å². The normalized spacial score (nSPS) is 11.7. The molecule has 1 heterocycles. The summed E-state index contributed by atoms with van der Waals surface area (Å²) in [5.74, 6) is -1.28. The van der Waals surface area contributed by atoms with E-state index in [9.17, 15) is 14.4 Å². The summed E-state index contributed by atoms with van der Waals surface area (Å²) in [6.45, 7) is 4.21. The zero-order valence-corrected chi connectivity index (χ0v) is 13.0. The lowest BCUT2D eigenvalue weighted by Crippen LogP contribution is -2.41. The maximum absolute atomic E-state index is 12.0. The predicted octanol–water partition coefficient (Wildman–Crippen LogP) is 1.58. The van der Waals surface area contributed by atoms with Gasteiger partial charge >= 0.3 is 5.97 Å². The zero-order valence-electron chi connectivity index (χ0n) is 12.2. The molecule has 1 aromatic heterocycles. The Morgan fingerprint density at radius 2 is 2.14 bits per heavy atom. The molecule has 0 bridgehead atoms. The van der Waals surface area contributed by atoms with Crippen LogP contribution in [0.25, 0.3) is 0 Å². The van der Waals surface area contributed by atoms with E-state index in [0.717, 1.165) is 0 Å². The number of thiophene rings is 1. The van der Waals surface area contributed by atoms with E-state index in [1.54, 1.807) is 26.0 Å². The van der Waals surface area contributed by atoms with Crippen LogP contribution in [-0.4, -0.2) is 46.9 Å². The van der Waals surface area contributed by atoms with Crippen molar-refractivity contribution in [3.8, 4) is 0 Å². The largest absolute Gasteiger partial charge is 0.481 e. The molecule has 2 N–H and O–H groups in total. The summed E-state index contributed by atoms with van der Waals surface area (Å²) in [6.07, 6.45) is 0.0794. The summed E-state index contributed by atoms with van der Waals surface area (Å²) in [5.41, 5.74) is 0. The molecule has 0 aromatic carbocycles. The van der Waals surface area contributed by atoms with Gasteiger partial charge in [0.05, 0.1) is 11.3 Å². The molecule has 0 fully saturated rings. The Hall–Kier alpha value is -1.89. The Balaban J connectivity index is 2.40. The van der Waals surface area contributed by atoms with E-state index in [4.69, 9.17) is 5.11 Å². The average Bonchev–Trinajstić information content (AvgIpc) is 2.92. The van der Waals surface area contributed by atoms with Gasteiger partial charge < -0.3 is 15.3 Å². The SMILES string of the molecule is CCN(C(=O)CCNC(=O)c1cccs1)C(C)CC(=O)O. The maximum atomic E-state index is 12.0. The molecule has 1 atom stereocenters. The summed E-state index contributed by atoms with van der Waals surface area (Å²) < 4.78 is 0. The smallest absolute Gasteiger partial charge is 0.305 e. The van der Waals surface area contributed by atoms with Crippen molar-refractivity contribution >= 4 is 29.1 Å². The van der Waals surface area contributed by atoms with Gasteiger partial charge in [-0.25, -0.2) is 0 Å². The molecule has 0 saturated heterocycles. The van der Waals surface area contributed by atoms with E-state index in [-0.39, 0.29) is 37.2 Å². The van der Waals surface area contributed by atoms with Crippen LogP contribution < -0.4 is 5.32 Å². The first-order chi connectivity index (χ1) is 9.95. The summed E-state index contributed by atoms with van der Waals surface area (Å²) in [4.78, 5) is 36.6. The molecule has 0 aliphatic carbocycles. The third-order valence-electron chi connectivity index (χ3n) is 3.03. The number of hydrogen-bond donors (Lipinski definition) is 2. The molecule has 6 nitrogen and oxygen atoms in total. The van der Waals surface area contributed by atoms with Gasteiger partial charge in [0, 0.05) is 25.6 Å². The summed E-state index contributed by atoms with van der Waals surface area (Å²) >= 11 is 1.34. The molecule has 0 radical (unpaired) electrons. The summed E-state index contributed by atoms with van der Waals surface area (Å²) in [6, 6.07) is 3.15. The number of hydrogen-bond acceptors (Lipinski definition) is 4. The van der Waals surface area contributed by atoms with Gasteiger partial charge in [0.25, 0.3) is 5.91 Å². The molecule has 1 unspecified atom stereocenters. The first-order valence-corrected chi connectivity index (χ1v) is 7.66. The van der Waals surface area contributed by atoms with Gasteiger partial charge in [0.15, 0.2) is 0 Å². The van der Waals surface area contributed by atoms with Gasteiger partial charge in [-0.3, -0.25) is 14.4 Å². The van der Waals surface area contributed by atoms with Crippen molar-refractivity contribution in [3.05, 3.63) is 22.4 Å². The highest BCUT2D eigenvalue weighted by molar-refractivity contribution is 7.12. The lowest BCUT2D eigenvalue weighted by atomic mass is 10.2. The van der Waals surface area contributed by atoms with Crippen LogP contribution in [0.5, 0.6) is 0 Å². The van der Waals surface area contributed by atoms with E-state index in [1.807, 2.05) is 5.38 Å². The number of amides is 2. The molecular weight excluding hydrogens is 292 g/mol. The number of carbonyl (C=O) groups excluding carboxylic acids is 2. The molecule has 21 heavy (non-hydrogen) atoms. The molecule has 116 valence electrons. The summed E-state index contributed by atoms with van der Waals surface area (Å²) in [5, 5.41) is 13.3. The number of nitrogens with zero attached hydrogens (tertiary/aromatic N) is 1. The quantitative estimate of drug-likeness (QED) is 0.763. The highest BCUT2D eigenvalue weighted by Crippen LogP contribution is 2.08. The lowest BCUT2D eigenvalue weighted by molar-refractivity contribution is -0.140. The van der Waals surface area contributed by atoms with Gasteiger partial charge in [-0.05, 0) is 25.3 Å². The van der Waals surface area contributed by atoms with Gasteiger partial charge in [-0.1, -0.05) is 6.07 Å². The van der Waals surface area contributed by atoms with Crippen molar-refractivity contribution < 1.29 is 19.5 Å². The van der Waals surface area contributed by atoms with E-state index in [2.05, 4.69) is 5.32 Å². The molecular formula is C14H20N2O4S. The van der Waals surface area contributed by atoms with Gasteiger partial charge in [-0.2, -0.15) is 0 Å². The van der Waals surface area contributed by atoms with E-state index < -0.39 is 5.97 Å². The van der Waals surface area contributed by atoms with Crippen molar-refractivity contribution in [1.82, 2.24) is 10.2 Å². The Kier molecular flexibility index (Phi) is 6.87. The van der Waals surface area contributed by atoms with Crippen LogP contribution in [0.2, 0.25) is 0 Å². The Bertz CT molecular complexity index is 487. The van der Waals surface area contributed by atoms with Crippen LogP contribution >= 0.6 is 11.3 Å². The van der Waals surface area contributed by atoms with E-state index in [1.165, 1.54) is 16.2 Å². The predicted molar refractivity (Wildman–Crippen MR) is 80.4 cm³/mol. The minimum Gasteiger partial charge on any atom is -0.481 e. The number of carbonyl (C=O) groups is 3. The third kappa shape index (κ3) is 5.55. The maximum Gasteiger partial charge on any atom is 0.305 e. The van der Waals surface area contributed by atoms with Gasteiger partial charge in [-0.15, -0.1) is 11.3 Å². The van der Waals surface area contributed by atoms with Crippen molar-refractivity contribution in [2.45, 2.75) is 32.7 Å². The fourth-order valence-electron chi connectivity index (χ4n) is 2.02. The zero-order chi connectivity index (χ0) is 15.8. The number of carboxylic acid groups (broad SMARTS) is 1. The van der Waals surface area contributed by atoms with Crippen molar-refractivity contribution in [1.29, 1.82) is 0 Å². The second kappa shape index (κ2) is 8.41. The van der Waals surface area contributed by atoms with Crippen LogP contribution in [0, 0.1) is 0 Å². The first kappa shape index (κ1) is 17.2. The highest BCUT2D eigenvalue weighted by Gasteiger charge is 2.20. The molecule has 1 rings (SSSR count). The Labute approximate surface area is 127 Å². The molecule has 0 spiro atoms. The average molecular weight is 312 g/mol. The number of carboxylic acids is 1. The third-order valence-corrected chi connectivity index (χ3v) is 3.90. The number of nitrogens with one attached hydrogen (secondary N) is 1. The van der Waals surface area contributed by atoms with Crippen LogP contribution in [0.3, 0.4) is 0 Å². The van der Waals surface area contributed by atoms with Crippen LogP contribution in [0.15, 0.2) is 17.5 Å². The van der Waals surface area contributed by atoms with Crippen molar-refractivity contribution in [2.24, 2.45) is 0 Å². The van der Waals surface area contributed by atoms with Gasteiger partial charge in [0.2, 0.25) is 5.91 Å². The summed E-state index contributed by atoms with van der Waals surface area (Å²) in [7, 11) is 0. The van der Waals surface area contributed by atoms with E-state index >= 15 is 0 Å². The minimum atomic E-state index is -0.931. The monoisotopic (exact) mass is 312 g/mol. The molecule has 0 aliphatic rings. The highest BCUT2D eigenvalue weighted by atomic mass is 32.1. The van der Waals surface area contributed by atoms with Crippen molar-refractivity contribution in [3.63, 3.8) is 0 Å². The number of rotatable bonds is 8. The topological polar surface area (TPSA) is 86.7 Å². The fraction of sp³-hybridized carbons (Fsp3) is 0.500. The fourth-order valence-corrected chi connectivity index (χ4v) is 2.66. The second-order valence-electron chi connectivity index (χ2n) is 4.61. The van der Waals surface area contributed by atoms with E-state index in [0.29, 0.717) is 11.4 Å². The first-order valence-electron chi connectivity index (χ1n) is 6.78. The Morgan fingerprint density at radius 1 is 1.43 bits per heavy atom. The lowest BCUT2D eigenvalue weighted by Gasteiger charge is -2.27.